The Morgan fingerprint density at radius 3 is 2.52 bits per heavy atom. The highest BCUT2D eigenvalue weighted by Gasteiger charge is 2.36. The number of carbonyl (C=O) groups is 2. The normalized spacial score (nSPS) is 19.1. The molecule has 0 atom stereocenters. The van der Waals surface area contributed by atoms with Gasteiger partial charge in [-0.3, -0.25) is 19.4 Å². The third-order valence-electron chi connectivity index (χ3n) is 5.62. The molecule has 158 valence electrons. The molecule has 2 saturated heterocycles. The zero-order chi connectivity index (χ0) is 21.2. The summed E-state index contributed by atoms with van der Waals surface area (Å²) < 4.78 is 7.54. The number of carbonyl (C=O) groups excluding carboxylic acids is 2. The van der Waals surface area contributed by atoms with Crippen LogP contribution in [0.1, 0.15) is 11.1 Å². The minimum Gasteiger partial charge on any atom is -0.379 e. The third kappa shape index (κ3) is 4.17. The quantitative estimate of drug-likeness (QED) is 0.569. The third-order valence-corrected chi connectivity index (χ3v) is 6.53. The molecule has 6 nitrogen and oxygen atoms in total. The molecule has 0 bridgehead atoms. The lowest BCUT2D eigenvalue weighted by molar-refractivity contribution is -0.125. The maximum atomic E-state index is 13.0. The molecule has 5 rings (SSSR count). The Bertz CT molecular complexity index is 1150. The molecule has 0 saturated carbocycles. The van der Waals surface area contributed by atoms with Crippen LogP contribution in [0.25, 0.3) is 17.0 Å². The number of thioether (sulfide) groups is 1. The first-order chi connectivity index (χ1) is 15.2. The van der Waals surface area contributed by atoms with E-state index in [0.29, 0.717) is 24.8 Å². The summed E-state index contributed by atoms with van der Waals surface area (Å²) in [5, 5.41) is 0.856. The van der Waals surface area contributed by atoms with Crippen molar-refractivity contribution in [2.45, 2.75) is 6.54 Å². The molecule has 0 unspecified atom stereocenters. The number of rotatable bonds is 5. The Balaban J connectivity index is 1.43. The molecule has 0 spiro atoms. The first-order valence-electron chi connectivity index (χ1n) is 10.4. The number of morpholine rings is 1. The largest absolute Gasteiger partial charge is 0.379 e. The summed E-state index contributed by atoms with van der Waals surface area (Å²) in [5.74, 6) is -0.221. The van der Waals surface area contributed by atoms with Crippen molar-refractivity contribution < 1.29 is 14.3 Å². The number of para-hydroxylation sites is 1. The van der Waals surface area contributed by atoms with Crippen molar-refractivity contribution in [3.63, 3.8) is 0 Å². The van der Waals surface area contributed by atoms with E-state index in [1.807, 2.05) is 36.4 Å². The van der Waals surface area contributed by atoms with Gasteiger partial charge >= 0.3 is 0 Å². The van der Waals surface area contributed by atoms with Gasteiger partial charge in [0.15, 0.2) is 0 Å². The van der Waals surface area contributed by atoms with Gasteiger partial charge in [-0.2, -0.15) is 0 Å². The predicted molar refractivity (Wildman–Crippen MR) is 123 cm³/mol. The highest BCUT2D eigenvalue weighted by molar-refractivity contribution is 8.18. The van der Waals surface area contributed by atoms with Crippen LogP contribution in [0.5, 0.6) is 0 Å². The number of hydrogen-bond donors (Lipinski definition) is 0. The Morgan fingerprint density at radius 2 is 1.71 bits per heavy atom. The van der Waals surface area contributed by atoms with E-state index in [1.165, 1.54) is 10.5 Å². The first kappa shape index (κ1) is 20.1. The van der Waals surface area contributed by atoms with Crippen molar-refractivity contribution in [1.82, 2.24) is 14.4 Å². The molecular formula is C24H23N3O3S. The zero-order valence-corrected chi connectivity index (χ0v) is 17.9. The lowest BCUT2D eigenvalue weighted by Crippen LogP contribution is -2.45. The lowest BCUT2D eigenvalue weighted by atomic mass is 10.1. The fraction of sp³-hybridized carbons (Fsp3) is 0.250. The number of nitrogens with zero attached hydrogens (tertiary/aromatic N) is 3. The van der Waals surface area contributed by atoms with Crippen LogP contribution in [0.3, 0.4) is 0 Å². The van der Waals surface area contributed by atoms with Crippen LogP contribution < -0.4 is 0 Å². The Hall–Kier alpha value is -2.87. The van der Waals surface area contributed by atoms with Gasteiger partial charge in [-0.1, -0.05) is 48.5 Å². The van der Waals surface area contributed by atoms with Crippen LogP contribution in [0.15, 0.2) is 65.7 Å². The van der Waals surface area contributed by atoms with Crippen LogP contribution in [0.4, 0.5) is 4.79 Å². The second-order valence-corrected chi connectivity index (χ2v) is 8.69. The van der Waals surface area contributed by atoms with Gasteiger partial charge in [-0.25, -0.2) is 0 Å². The Morgan fingerprint density at radius 1 is 0.968 bits per heavy atom. The second-order valence-electron chi connectivity index (χ2n) is 7.70. The molecule has 3 aromatic rings. The maximum absolute atomic E-state index is 13.0. The van der Waals surface area contributed by atoms with Gasteiger partial charge in [0.1, 0.15) is 0 Å². The molecule has 2 amide bonds. The average Bonchev–Trinajstić information content (AvgIpc) is 3.27. The molecule has 31 heavy (non-hydrogen) atoms. The average molecular weight is 434 g/mol. The van der Waals surface area contributed by atoms with Gasteiger partial charge in [0.2, 0.25) is 0 Å². The molecule has 2 aliphatic heterocycles. The van der Waals surface area contributed by atoms with Crippen molar-refractivity contribution in [3.05, 3.63) is 76.8 Å². The molecule has 1 aromatic heterocycles. The SMILES string of the molecule is O=C1S/C(=C/c2cn(Cc3ccccc3)c3ccccc23)C(=O)N1CN1CCOCC1. The minimum absolute atomic E-state index is 0.212. The molecule has 2 fully saturated rings. The van der Waals surface area contributed by atoms with Gasteiger partial charge in [0, 0.05) is 42.3 Å². The van der Waals surface area contributed by atoms with Crippen molar-refractivity contribution in [1.29, 1.82) is 0 Å². The summed E-state index contributed by atoms with van der Waals surface area (Å²) in [6.45, 7) is 3.79. The van der Waals surface area contributed by atoms with E-state index in [0.717, 1.165) is 47.9 Å². The predicted octanol–water partition coefficient (Wildman–Crippen LogP) is 4.02. The summed E-state index contributed by atoms with van der Waals surface area (Å²) in [6.07, 6.45) is 3.92. The summed E-state index contributed by atoms with van der Waals surface area (Å²) in [4.78, 5) is 29.4. The van der Waals surface area contributed by atoms with E-state index in [4.69, 9.17) is 4.74 Å². The summed E-state index contributed by atoms with van der Waals surface area (Å²) in [7, 11) is 0. The van der Waals surface area contributed by atoms with Crippen molar-refractivity contribution in [2.75, 3.05) is 33.0 Å². The molecule has 0 aliphatic carbocycles. The number of ether oxygens (including phenoxy) is 1. The van der Waals surface area contributed by atoms with Crippen molar-refractivity contribution in [3.8, 4) is 0 Å². The van der Waals surface area contributed by atoms with Gasteiger partial charge in [-0.15, -0.1) is 0 Å². The molecule has 0 radical (unpaired) electrons. The van der Waals surface area contributed by atoms with E-state index >= 15 is 0 Å². The molecule has 2 aliphatic rings. The van der Waals surface area contributed by atoms with Crippen LogP contribution >= 0.6 is 11.8 Å². The fourth-order valence-corrected chi connectivity index (χ4v) is 4.83. The van der Waals surface area contributed by atoms with E-state index in [1.54, 1.807) is 0 Å². The summed E-state index contributed by atoms with van der Waals surface area (Å²) in [5.41, 5.74) is 3.26. The first-order valence-corrected chi connectivity index (χ1v) is 11.2. The molecular weight excluding hydrogens is 410 g/mol. The smallest absolute Gasteiger partial charge is 0.294 e. The summed E-state index contributed by atoms with van der Waals surface area (Å²) >= 11 is 1.02. The van der Waals surface area contributed by atoms with Gasteiger partial charge in [-0.05, 0) is 29.5 Å². The van der Waals surface area contributed by atoms with E-state index < -0.39 is 0 Å². The second kappa shape index (κ2) is 8.70. The highest BCUT2D eigenvalue weighted by atomic mass is 32.2. The van der Waals surface area contributed by atoms with E-state index in [-0.39, 0.29) is 11.1 Å². The molecule has 0 N–H and O–H groups in total. The molecule has 2 aromatic carbocycles. The van der Waals surface area contributed by atoms with Crippen LogP contribution in [-0.2, 0) is 16.1 Å². The topological polar surface area (TPSA) is 54.8 Å². The summed E-state index contributed by atoms with van der Waals surface area (Å²) in [6, 6.07) is 18.4. The Kier molecular flexibility index (Phi) is 5.63. The Labute approximate surface area is 185 Å². The van der Waals surface area contributed by atoms with Crippen molar-refractivity contribution in [2.24, 2.45) is 0 Å². The van der Waals surface area contributed by atoms with Gasteiger partial charge in [0.05, 0.1) is 24.8 Å². The van der Waals surface area contributed by atoms with Gasteiger partial charge < -0.3 is 9.30 Å². The maximum Gasteiger partial charge on any atom is 0.294 e. The van der Waals surface area contributed by atoms with Crippen molar-refractivity contribution >= 4 is 39.9 Å². The van der Waals surface area contributed by atoms with Crippen LogP contribution in [0, 0.1) is 0 Å². The number of hydrogen-bond acceptors (Lipinski definition) is 5. The standard InChI is InChI=1S/C24H23N3O3S/c28-23-22(31-24(29)27(23)17-25-10-12-30-13-11-25)14-19-16-26(15-18-6-2-1-3-7-18)21-9-5-4-8-20(19)21/h1-9,14,16H,10-13,15,17H2/b22-14+. The number of amides is 2. The minimum atomic E-state index is -0.221. The number of fused-ring (bicyclic) bond motifs is 1. The van der Waals surface area contributed by atoms with Gasteiger partial charge in [0.25, 0.3) is 11.1 Å². The molecule has 7 heteroatoms. The molecule has 3 heterocycles. The number of benzene rings is 2. The van der Waals surface area contributed by atoms with E-state index in [2.05, 4.69) is 39.9 Å². The monoisotopic (exact) mass is 433 g/mol. The fourth-order valence-electron chi connectivity index (χ4n) is 4.01. The number of imide groups is 1. The highest BCUT2D eigenvalue weighted by Crippen LogP contribution is 2.34. The zero-order valence-electron chi connectivity index (χ0n) is 17.1. The number of aromatic nitrogens is 1. The van der Waals surface area contributed by atoms with E-state index in [9.17, 15) is 9.59 Å². The van der Waals surface area contributed by atoms with Crippen LogP contribution in [0.2, 0.25) is 0 Å². The van der Waals surface area contributed by atoms with Crippen LogP contribution in [-0.4, -0.2) is 58.5 Å². The lowest BCUT2D eigenvalue weighted by Gasteiger charge is -2.29.